The third-order valence-electron chi connectivity index (χ3n) is 5.63. The third-order valence-corrected chi connectivity index (χ3v) is 6.22. The van der Waals surface area contributed by atoms with Crippen molar-refractivity contribution < 1.29 is 19.4 Å². The molecular weight excluding hydrogens is 497 g/mol. The zero-order valence-electron chi connectivity index (χ0n) is 19.2. The van der Waals surface area contributed by atoms with E-state index in [0.29, 0.717) is 28.0 Å². The molecule has 1 atom stereocenters. The Labute approximate surface area is 219 Å². The molecule has 0 aliphatic rings. The summed E-state index contributed by atoms with van der Waals surface area (Å²) in [6.07, 6.45) is 0.207. The van der Waals surface area contributed by atoms with Crippen LogP contribution in [-0.2, 0) is 17.8 Å². The van der Waals surface area contributed by atoms with Crippen LogP contribution in [0.4, 0.5) is 0 Å². The van der Waals surface area contributed by atoms with Gasteiger partial charge in [-0.3, -0.25) is 4.79 Å². The van der Waals surface area contributed by atoms with E-state index < -0.39 is 17.9 Å². The van der Waals surface area contributed by atoms with Crippen LogP contribution in [0, 0.1) is 0 Å². The zero-order chi connectivity index (χ0) is 25.5. The number of benzene rings is 4. The highest BCUT2D eigenvalue weighted by Crippen LogP contribution is 2.25. The largest absolute Gasteiger partial charge is 0.489 e. The first-order valence-corrected chi connectivity index (χ1v) is 12.0. The fraction of sp³-hybridized carbons (Fsp3) is 0.103. The Morgan fingerprint density at radius 1 is 0.833 bits per heavy atom. The predicted octanol–water partition coefficient (Wildman–Crippen LogP) is 6.67. The van der Waals surface area contributed by atoms with Crippen molar-refractivity contribution >= 4 is 35.1 Å². The summed E-state index contributed by atoms with van der Waals surface area (Å²) in [6.45, 7) is 0.320. The number of ether oxygens (including phenoxy) is 1. The summed E-state index contributed by atoms with van der Waals surface area (Å²) >= 11 is 12.1. The monoisotopic (exact) mass is 519 g/mol. The Kier molecular flexibility index (Phi) is 8.26. The summed E-state index contributed by atoms with van der Waals surface area (Å²) in [5, 5.41) is 13.3. The van der Waals surface area contributed by atoms with E-state index in [0.717, 1.165) is 22.3 Å². The molecular formula is C29H23Cl2NO4. The molecule has 1 unspecified atom stereocenters. The minimum absolute atomic E-state index is 0.207. The maximum Gasteiger partial charge on any atom is 0.326 e. The van der Waals surface area contributed by atoms with E-state index in [-0.39, 0.29) is 6.42 Å². The fourth-order valence-electron chi connectivity index (χ4n) is 3.65. The van der Waals surface area contributed by atoms with Gasteiger partial charge < -0.3 is 15.2 Å². The Hall–Kier alpha value is -3.80. The molecule has 0 aromatic heterocycles. The molecule has 0 aliphatic heterocycles. The third kappa shape index (κ3) is 6.66. The van der Waals surface area contributed by atoms with Crippen LogP contribution in [0.25, 0.3) is 11.1 Å². The van der Waals surface area contributed by atoms with E-state index in [1.807, 2.05) is 72.8 Å². The van der Waals surface area contributed by atoms with Gasteiger partial charge in [0.25, 0.3) is 5.91 Å². The normalized spacial score (nSPS) is 11.5. The Balaban J connectivity index is 1.37. The average molecular weight is 520 g/mol. The van der Waals surface area contributed by atoms with Crippen molar-refractivity contribution in [3.63, 3.8) is 0 Å². The molecule has 1 amide bonds. The number of aliphatic carboxylic acids is 1. The van der Waals surface area contributed by atoms with Gasteiger partial charge in [-0.05, 0) is 53.1 Å². The highest BCUT2D eigenvalue weighted by Gasteiger charge is 2.21. The van der Waals surface area contributed by atoms with Crippen molar-refractivity contribution in [1.82, 2.24) is 5.32 Å². The molecule has 7 heteroatoms. The van der Waals surface area contributed by atoms with E-state index in [1.54, 1.807) is 24.3 Å². The van der Waals surface area contributed by atoms with Crippen LogP contribution in [0.3, 0.4) is 0 Å². The fourth-order valence-corrected chi connectivity index (χ4v) is 4.11. The van der Waals surface area contributed by atoms with Crippen molar-refractivity contribution in [1.29, 1.82) is 0 Å². The molecule has 0 saturated heterocycles. The van der Waals surface area contributed by atoms with Crippen LogP contribution < -0.4 is 10.1 Å². The topological polar surface area (TPSA) is 75.6 Å². The van der Waals surface area contributed by atoms with Crippen LogP contribution in [0.15, 0.2) is 97.1 Å². The summed E-state index contributed by atoms with van der Waals surface area (Å²) in [7, 11) is 0. The highest BCUT2D eigenvalue weighted by atomic mass is 35.5. The summed E-state index contributed by atoms with van der Waals surface area (Å²) in [6, 6.07) is 28.0. The molecule has 0 heterocycles. The Bertz CT molecular complexity index is 1340. The van der Waals surface area contributed by atoms with Crippen LogP contribution >= 0.6 is 23.2 Å². The lowest BCUT2D eigenvalue weighted by atomic mass is 10.0. The van der Waals surface area contributed by atoms with E-state index in [4.69, 9.17) is 27.9 Å². The van der Waals surface area contributed by atoms with E-state index in [2.05, 4.69) is 5.32 Å². The Morgan fingerprint density at radius 3 is 2.08 bits per heavy atom. The van der Waals surface area contributed by atoms with Gasteiger partial charge in [-0.15, -0.1) is 0 Å². The highest BCUT2D eigenvalue weighted by molar-refractivity contribution is 6.35. The maximum absolute atomic E-state index is 12.7. The molecule has 36 heavy (non-hydrogen) atoms. The predicted molar refractivity (Wildman–Crippen MR) is 142 cm³/mol. The molecule has 0 aliphatic carbocycles. The number of hydrogen-bond acceptors (Lipinski definition) is 3. The molecule has 4 aromatic carbocycles. The smallest absolute Gasteiger partial charge is 0.326 e. The number of carboxylic acid groups (broad SMARTS) is 1. The van der Waals surface area contributed by atoms with Gasteiger partial charge in [0.05, 0.1) is 0 Å². The van der Waals surface area contributed by atoms with Gasteiger partial charge in [0, 0.05) is 27.6 Å². The quantitative estimate of drug-likeness (QED) is 0.259. The second kappa shape index (κ2) is 11.8. The van der Waals surface area contributed by atoms with Crippen molar-refractivity contribution in [2.24, 2.45) is 0 Å². The molecule has 0 saturated carbocycles. The van der Waals surface area contributed by atoms with Crippen LogP contribution in [-0.4, -0.2) is 23.0 Å². The molecule has 2 N–H and O–H groups in total. The zero-order valence-corrected chi connectivity index (χ0v) is 20.7. The maximum atomic E-state index is 12.7. The number of hydrogen-bond donors (Lipinski definition) is 2. The lowest BCUT2D eigenvalue weighted by Crippen LogP contribution is -2.42. The van der Waals surface area contributed by atoms with Crippen molar-refractivity contribution in [2.75, 3.05) is 0 Å². The van der Waals surface area contributed by atoms with Crippen LogP contribution in [0.2, 0.25) is 10.0 Å². The molecule has 4 rings (SSSR count). The van der Waals surface area contributed by atoms with Gasteiger partial charge in [-0.2, -0.15) is 0 Å². The summed E-state index contributed by atoms with van der Waals surface area (Å²) in [4.78, 5) is 24.3. The molecule has 0 spiro atoms. The summed E-state index contributed by atoms with van der Waals surface area (Å²) in [5.41, 5.74) is 3.93. The van der Waals surface area contributed by atoms with Gasteiger partial charge >= 0.3 is 5.97 Å². The first-order valence-electron chi connectivity index (χ1n) is 11.2. The van der Waals surface area contributed by atoms with Crippen molar-refractivity contribution in [3.05, 3.63) is 124 Å². The van der Waals surface area contributed by atoms with E-state index >= 15 is 0 Å². The minimum Gasteiger partial charge on any atom is -0.489 e. The lowest BCUT2D eigenvalue weighted by Gasteiger charge is -2.15. The average Bonchev–Trinajstić information content (AvgIpc) is 2.89. The minimum atomic E-state index is -1.08. The van der Waals surface area contributed by atoms with Gasteiger partial charge in [-0.1, -0.05) is 83.9 Å². The SMILES string of the molecule is O=C(NC(Cc1ccccc1)C(=O)O)c1ccc(-c2ccc(OCc3ccc(Cl)cc3Cl)cc2)cc1. The first-order chi connectivity index (χ1) is 17.4. The van der Waals surface area contributed by atoms with Gasteiger partial charge in [0.1, 0.15) is 18.4 Å². The molecule has 182 valence electrons. The molecule has 4 aromatic rings. The lowest BCUT2D eigenvalue weighted by molar-refractivity contribution is -0.139. The van der Waals surface area contributed by atoms with Crippen LogP contribution in [0.5, 0.6) is 5.75 Å². The van der Waals surface area contributed by atoms with E-state index in [1.165, 1.54) is 0 Å². The second-order valence-corrected chi connectivity index (χ2v) is 9.02. The number of carbonyl (C=O) groups is 2. The molecule has 5 nitrogen and oxygen atoms in total. The number of carbonyl (C=O) groups excluding carboxylic acids is 1. The number of amides is 1. The van der Waals surface area contributed by atoms with Gasteiger partial charge in [-0.25, -0.2) is 4.79 Å². The summed E-state index contributed by atoms with van der Waals surface area (Å²) in [5.74, 6) is -0.821. The van der Waals surface area contributed by atoms with Crippen molar-refractivity contribution in [2.45, 2.75) is 19.1 Å². The Morgan fingerprint density at radius 2 is 1.47 bits per heavy atom. The number of halogens is 2. The van der Waals surface area contributed by atoms with E-state index in [9.17, 15) is 14.7 Å². The first kappa shape index (κ1) is 25.3. The summed E-state index contributed by atoms with van der Waals surface area (Å²) < 4.78 is 5.82. The molecule has 0 fully saturated rings. The number of nitrogens with one attached hydrogen (secondary N) is 1. The van der Waals surface area contributed by atoms with Crippen molar-refractivity contribution in [3.8, 4) is 16.9 Å². The van der Waals surface area contributed by atoms with Crippen LogP contribution in [0.1, 0.15) is 21.5 Å². The van der Waals surface area contributed by atoms with Gasteiger partial charge in [0.15, 0.2) is 0 Å². The second-order valence-electron chi connectivity index (χ2n) is 8.18. The molecule has 0 bridgehead atoms. The number of carboxylic acids is 1. The molecule has 0 radical (unpaired) electrons. The van der Waals surface area contributed by atoms with Gasteiger partial charge in [0.2, 0.25) is 0 Å². The number of rotatable bonds is 9. The standard InChI is InChI=1S/C29H23Cl2NO4/c30-24-13-10-23(26(31)17-24)18-36-25-14-11-21(12-15-25)20-6-8-22(9-7-20)28(33)32-27(29(34)35)16-19-4-2-1-3-5-19/h1-15,17,27H,16,18H2,(H,32,33)(H,34,35).